The minimum atomic E-state index is 0.220. The molecule has 0 spiro atoms. The number of hydrogen-bond acceptors (Lipinski definition) is 4. The summed E-state index contributed by atoms with van der Waals surface area (Å²) in [6.45, 7) is 7.83. The molecule has 0 saturated carbocycles. The minimum Gasteiger partial charge on any atom is -0.352 e. The summed E-state index contributed by atoms with van der Waals surface area (Å²) >= 11 is 0. The number of carbonyl (C=O) groups excluding carboxylic acids is 1. The van der Waals surface area contributed by atoms with Crippen LogP contribution in [0, 0.1) is 0 Å². The van der Waals surface area contributed by atoms with Crippen molar-refractivity contribution in [2.75, 3.05) is 51.7 Å². The van der Waals surface area contributed by atoms with Crippen molar-refractivity contribution in [2.45, 2.75) is 32.5 Å². The van der Waals surface area contributed by atoms with Gasteiger partial charge < -0.3 is 20.4 Å². The van der Waals surface area contributed by atoms with Crippen molar-refractivity contribution >= 4 is 17.6 Å². The maximum Gasteiger partial charge on any atom is 0.227 e. The number of nitrogens with zero attached hydrogens (tertiary/aromatic N) is 4. The quantitative estimate of drug-likeness (QED) is 0.503. The standard InChI is InChI=1S/C26H36N6O/c1-27-26(29-19-22-9-11-24(12-10-22)32-13-3-4-25(32)33)28-18-21-5-7-23(8-6-21)20-31-16-14-30(2)15-17-31/h5-12H,3-4,13-20H2,1-2H3,(H2,27,28,29). The summed E-state index contributed by atoms with van der Waals surface area (Å²) in [4.78, 5) is 23.0. The van der Waals surface area contributed by atoms with Gasteiger partial charge in [0.2, 0.25) is 5.91 Å². The van der Waals surface area contributed by atoms with Crippen LogP contribution in [-0.2, 0) is 24.4 Å². The Bertz CT molecular complexity index is 932. The Morgan fingerprint density at radius 3 is 1.97 bits per heavy atom. The smallest absolute Gasteiger partial charge is 0.227 e. The number of aliphatic imine (C=N–C) groups is 1. The summed E-state index contributed by atoms with van der Waals surface area (Å²) in [5.74, 6) is 0.994. The molecule has 0 bridgehead atoms. The summed E-state index contributed by atoms with van der Waals surface area (Å²) < 4.78 is 0. The topological polar surface area (TPSA) is 63.2 Å². The number of guanidine groups is 1. The van der Waals surface area contributed by atoms with Crippen molar-refractivity contribution in [2.24, 2.45) is 4.99 Å². The molecule has 2 aliphatic rings. The van der Waals surface area contributed by atoms with Crippen molar-refractivity contribution in [3.8, 4) is 0 Å². The SMILES string of the molecule is CN=C(NCc1ccc(CN2CCN(C)CC2)cc1)NCc1ccc(N2CCCC2=O)cc1. The third-order valence-corrected chi connectivity index (χ3v) is 6.49. The molecule has 0 aliphatic carbocycles. The van der Waals surface area contributed by atoms with Crippen LogP contribution in [-0.4, -0.2) is 68.5 Å². The van der Waals surface area contributed by atoms with Crippen LogP contribution in [0.3, 0.4) is 0 Å². The molecule has 33 heavy (non-hydrogen) atoms. The molecular weight excluding hydrogens is 412 g/mol. The summed E-state index contributed by atoms with van der Waals surface area (Å²) in [5.41, 5.74) is 4.74. The molecule has 0 atom stereocenters. The Balaban J connectivity index is 1.21. The summed E-state index contributed by atoms with van der Waals surface area (Å²) in [5, 5.41) is 6.76. The molecule has 0 unspecified atom stereocenters. The van der Waals surface area contributed by atoms with E-state index in [-0.39, 0.29) is 5.91 Å². The second-order valence-electron chi connectivity index (χ2n) is 8.99. The fourth-order valence-corrected chi connectivity index (χ4v) is 4.33. The average molecular weight is 449 g/mol. The first kappa shape index (κ1) is 23.3. The second-order valence-corrected chi connectivity index (χ2v) is 8.99. The molecule has 2 aromatic carbocycles. The van der Waals surface area contributed by atoms with Gasteiger partial charge in [-0.25, -0.2) is 0 Å². The van der Waals surface area contributed by atoms with E-state index in [0.29, 0.717) is 13.0 Å². The molecule has 4 rings (SSSR count). The van der Waals surface area contributed by atoms with Crippen molar-refractivity contribution in [1.29, 1.82) is 0 Å². The molecule has 1 amide bonds. The molecule has 2 heterocycles. The molecule has 2 aliphatic heterocycles. The average Bonchev–Trinajstić information content (AvgIpc) is 3.28. The number of amides is 1. The fraction of sp³-hybridized carbons (Fsp3) is 0.462. The molecule has 176 valence electrons. The molecule has 2 saturated heterocycles. The van der Waals surface area contributed by atoms with Crippen LogP contribution in [0.4, 0.5) is 5.69 Å². The van der Waals surface area contributed by atoms with E-state index < -0.39 is 0 Å². The Morgan fingerprint density at radius 1 is 0.848 bits per heavy atom. The molecule has 0 radical (unpaired) electrons. The Hall–Kier alpha value is -2.90. The second kappa shape index (κ2) is 11.3. The number of carbonyl (C=O) groups is 1. The molecule has 2 aromatic rings. The van der Waals surface area contributed by atoms with E-state index >= 15 is 0 Å². The van der Waals surface area contributed by atoms with Crippen molar-refractivity contribution in [3.05, 3.63) is 65.2 Å². The summed E-state index contributed by atoms with van der Waals surface area (Å²) in [6, 6.07) is 17.1. The molecule has 7 nitrogen and oxygen atoms in total. The lowest BCUT2D eigenvalue weighted by atomic mass is 10.1. The first-order chi connectivity index (χ1) is 16.1. The van der Waals surface area contributed by atoms with Gasteiger partial charge in [-0.2, -0.15) is 0 Å². The number of benzene rings is 2. The highest BCUT2D eigenvalue weighted by atomic mass is 16.2. The van der Waals surface area contributed by atoms with Gasteiger partial charge in [-0.3, -0.25) is 14.7 Å². The maximum absolute atomic E-state index is 11.9. The fourth-order valence-electron chi connectivity index (χ4n) is 4.33. The van der Waals surface area contributed by atoms with Crippen LogP contribution in [0.2, 0.25) is 0 Å². The van der Waals surface area contributed by atoms with E-state index in [1.807, 2.05) is 17.0 Å². The molecule has 2 N–H and O–H groups in total. The van der Waals surface area contributed by atoms with Crippen LogP contribution in [0.25, 0.3) is 0 Å². The van der Waals surface area contributed by atoms with E-state index in [9.17, 15) is 4.79 Å². The zero-order valence-electron chi connectivity index (χ0n) is 19.9. The predicted octanol–water partition coefficient (Wildman–Crippen LogP) is 2.43. The highest BCUT2D eigenvalue weighted by Gasteiger charge is 2.21. The lowest BCUT2D eigenvalue weighted by molar-refractivity contribution is -0.117. The van der Waals surface area contributed by atoms with Gasteiger partial charge in [0.15, 0.2) is 5.96 Å². The van der Waals surface area contributed by atoms with Crippen LogP contribution in [0.15, 0.2) is 53.5 Å². The zero-order valence-corrected chi connectivity index (χ0v) is 19.9. The van der Waals surface area contributed by atoms with Crippen LogP contribution >= 0.6 is 0 Å². The predicted molar refractivity (Wildman–Crippen MR) is 134 cm³/mol. The van der Waals surface area contributed by atoms with Gasteiger partial charge in [-0.05, 0) is 42.3 Å². The molecule has 0 aromatic heterocycles. The van der Waals surface area contributed by atoms with E-state index in [1.165, 1.54) is 11.1 Å². The molecular formula is C26H36N6O. The lowest BCUT2D eigenvalue weighted by Crippen LogP contribution is -2.43. The third-order valence-electron chi connectivity index (χ3n) is 6.49. The van der Waals surface area contributed by atoms with Gasteiger partial charge in [-0.1, -0.05) is 36.4 Å². The van der Waals surface area contributed by atoms with Crippen molar-refractivity contribution in [1.82, 2.24) is 20.4 Å². The first-order valence-corrected chi connectivity index (χ1v) is 11.9. The van der Waals surface area contributed by atoms with Crippen molar-refractivity contribution in [3.63, 3.8) is 0 Å². The van der Waals surface area contributed by atoms with Crippen LogP contribution in [0.1, 0.15) is 29.5 Å². The van der Waals surface area contributed by atoms with E-state index in [1.54, 1.807) is 7.05 Å². The van der Waals surface area contributed by atoms with E-state index in [0.717, 1.165) is 69.4 Å². The highest BCUT2D eigenvalue weighted by molar-refractivity contribution is 5.95. The number of nitrogens with one attached hydrogen (secondary N) is 2. The summed E-state index contributed by atoms with van der Waals surface area (Å²) in [6.07, 6.45) is 1.60. The third kappa shape index (κ3) is 6.55. The van der Waals surface area contributed by atoms with Crippen LogP contribution < -0.4 is 15.5 Å². The van der Waals surface area contributed by atoms with Gasteiger partial charge in [0, 0.05) is 71.5 Å². The van der Waals surface area contributed by atoms with Gasteiger partial charge in [0.05, 0.1) is 0 Å². The largest absolute Gasteiger partial charge is 0.352 e. The van der Waals surface area contributed by atoms with Gasteiger partial charge >= 0.3 is 0 Å². The maximum atomic E-state index is 11.9. The Morgan fingerprint density at radius 2 is 1.42 bits per heavy atom. The van der Waals surface area contributed by atoms with E-state index in [4.69, 9.17) is 0 Å². The minimum absolute atomic E-state index is 0.220. The zero-order chi connectivity index (χ0) is 23.0. The Labute approximate surface area is 197 Å². The number of likely N-dealkylation sites (N-methyl/N-ethyl adjacent to an activating group) is 1. The monoisotopic (exact) mass is 448 g/mol. The molecule has 7 heteroatoms. The van der Waals surface area contributed by atoms with Gasteiger partial charge in [0.25, 0.3) is 0 Å². The Kier molecular flexibility index (Phi) is 7.96. The highest BCUT2D eigenvalue weighted by Crippen LogP contribution is 2.21. The number of hydrogen-bond donors (Lipinski definition) is 2. The normalized spacial score (nSPS) is 18.1. The lowest BCUT2D eigenvalue weighted by Gasteiger charge is -2.32. The van der Waals surface area contributed by atoms with Crippen molar-refractivity contribution < 1.29 is 4.79 Å². The number of anilines is 1. The summed E-state index contributed by atoms with van der Waals surface area (Å²) in [7, 11) is 3.98. The van der Waals surface area contributed by atoms with Gasteiger partial charge in [0.1, 0.15) is 0 Å². The van der Waals surface area contributed by atoms with Gasteiger partial charge in [-0.15, -0.1) is 0 Å². The van der Waals surface area contributed by atoms with E-state index in [2.05, 4.69) is 68.9 Å². The van der Waals surface area contributed by atoms with Crippen LogP contribution in [0.5, 0.6) is 0 Å². The first-order valence-electron chi connectivity index (χ1n) is 11.9. The molecule has 2 fully saturated rings. The number of piperazine rings is 1. The number of rotatable bonds is 7.